The number of likely N-dealkylation sites (N-methyl/N-ethyl adjacent to an activating group) is 1. The van der Waals surface area contributed by atoms with Crippen molar-refractivity contribution in [3.63, 3.8) is 0 Å². The summed E-state index contributed by atoms with van der Waals surface area (Å²) >= 11 is 11.6. The van der Waals surface area contributed by atoms with E-state index in [0.29, 0.717) is 10.8 Å². The van der Waals surface area contributed by atoms with Gasteiger partial charge in [0.2, 0.25) is 0 Å². The van der Waals surface area contributed by atoms with Crippen LogP contribution in [0.2, 0.25) is 10.0 Å². The zero-order valence-corrected chi connectivity index (χ0v) is 13.4. The lowest BCUT2D eigenvalue weighted by molar-refractivity contribution is -0.153. The molecule has 0 aliphatic rings. The van der Waals surface area contributed by atoms with Crippen molar-refractivity contribution in [1.29, 1.82) is 5.26 Å². The van der Waals surface area contributed by atoms with Crippen LogP contribution in [0.1, 0.15) is 6.42 Å². The molecule has 0 spiro atoms. The van der Waals surface area contributed by atoms with Gasteiger partial charge in [-0.1, -0.05) is 23.2 Å². The molecular weight excluding hydrogens is 331 g/mol. The Morgan fingerprint density at radius 2 is 2.05 bits per heavy atom. The average Bonchev–Trinajstić information content (AvgIpc) is 2.49. The molecule has 1 amide bonds. The maximum absolute atomic E-state index is 11.6. The highest BCUT2D eigenvalue weighted by molar-refractivity contribution is 6.35. The zero-order valence-electron chi connectivity index (χ0n) is 11.8. The molecule has 0 saturated carbocycles. The number of hydrogen-bond acceptors (Lipinski definition) is 5. The molecule has 8 heteroatoms. The van der Waals surface area contributed by atoms with Gasteiger partial charge in [-0.3, -0.25) is 4.79 Å². The minimum Gasteiger partial charge on any atom is -0.480 e. The summed E-state index contributed by atoms with van der Waals surface area (Å²) in [7, 11) is 1.53. The Bertz CT molecular complexity index is 587. The largest absolute Gasteiger partial charge is 0.480 e. The summed E-state index contributed by atoms with van der Waals surface area (Å²) in [6.45, 7) is -0.501. The van der Waals surface area contributed by atoms with Gasteiger partial charge in [-0.2, -0.15) is 5.26 Å². The predicted molar refractivity (Wildman–Crippen MR) is 80.8 cm³/mol. The smallest absolute Gasteiger partial charge is 0.344 e. The number of hydrogen-bond donors (Lipinski definition) is 0. The summed E-state index contributed by atoms with van der Waals surface area (Å²) in [5.41, 5.74) is 0. The molecule has 118 valence electrons. The van der Waals surface area contributed by atoms with E-state index in [1.807, 2.05) is 6.07 Å². The van der Waals surface area contributed by atoms with Crippen LogP contribution in [-0.4, -0.2) is 43.6 Å². The summed E-state index contributed by atoms with van der Waals surface area (Å²) in [4.78, 5) is 24.4. The summed E-state index contributed by atoms with van der Waals surface area (Å²) in [5.74, 6) is -0.804. The van der Waals surface area contributed by atoms with Gasteiger partial charge in [-0.15, -0.1) is 0 Å². The Balaban J connectivity index is 2.34. The fourth-order valence-electron chi connectivity index (χ4n) is 1.37. The topological polar surface area (TPSA) is 79.6 Å². The maximum Gasteiger partial charge on any atom is 0.344 e. The van der Waals surface area contributed by atoms with E-state index in [4.69, 9.17) is 37.9 Å². The predicted octanol–water partition coefficient (Wildman–Crippen LogP) is 2.29. The fourth-order valence-corrected chi connectivity index (χ4v) is 1.83. The first-order valence-corrected chi connectivity index (χ1v) is 7.04. The fraction of sp³-hybridized carbons (Fsp3) is 0.357. The quantitative estimate of drug-likeness (QED) is 0.709. The first-order chi connectivity index (χ1) is 10.4. The van der Waals surface area contributed by atoms with Gasteiger partial charge < -0.3 is 14.4 Å². The zero-order chi connectivity index (χ0) is 16.5. The number of rotatable bonds is 7. The van der Waals surface area contributed by atoms with Gasteiger partial charge in [-0.25, -0.2) is 4.79 Å². The third-order valence-corrected chi connectivity index (χ3v) is 3.11. The number of amides is 1. The minimum atomic E-state index is -0.701. The van der Waals surface area contributed by atoms with E-state index in [0.717, 1.165) is 0 Å². The van der Waals surface area contributed by atoms with Crippen LogP contribution in [-0.2, 0) is 14.3 Å². The second-order valence-corrected chi connectivity index (χ2v) is 5.09. The number of carbonyl (C=O) groups is 2. The molecule has 0 N–H and O–H groups in total. The molecule has 0 bridgehead atoms. The number of carbonyl (C=O) groups excluding carboxylic acids is 2. The molecule has 22 heavy (non-hydrogen) atoms. The van der Waals surface area contributed by atoms with Crippen molar-refractivity contribution in [1.82, 2.24) is 4.90 Å². The first-order valence-electron chi connectivity index (χ1n) is 6.28. The second-order valence-electron chi connectivity index (χ2n) is 4.25. The molecule has 0 atom stereocenters. The Morgan fingerprint density at radius 1 is 1.32 bits per heavy atom. The van der Waals surface area contributed by atoms with Crippen LogP contribution in [0.15, 0.2) is 18.2 Å². The maximum atomic E-state index is 11.6. The van der Waals surface area contributed by atoms with Crippen LogP contribution in [0.3, 0.4) is 0 Å². The number of ether oxygens (including phenoxy) is 2. The van der Waals surface area contributed by atoms with Gasteiger partial charge in [0.15, 0.2) is 13.2 Å². The third kappa shape index (κ3) is 6.20. The second kappa shape index (κ2) is 9.13. The van der Waals surface area contributed by atoms with Gasteiger partial charge in [0.05, 0.1) is 17.5 Å². The van der Waals surface area contributed by atoms with E-state index in [-0.39, 0.29) is 24.6 Å². The van der Waals surface area contributed by atoms with E-state index < -0.39 is 18.5 Å². The van der Waals surface area contributed by atoms with E-state index in [2.05, 4.69) is 0 Å². The summed E-state index contributed by atoms with van der Waals surface area (Å²) in [6, 6.07) is 6.50. The van der Waals surface area contributed by atoms with Crippen molar-refractivity contribution in [2.75, 3.05) is 26.8 Å². The molecule has 1 aromatic carbocycles. The van der Waals surface area contributed by atoms with Crippen molar-refractivity contribution < 1.29 is 19.1 Å². The SMILES string of the molecule is CN(CCC#N)C(=O)COC(=O)COc1ccc(Cl)cc1Cl. The van der Waals surface area contributed by atoms with Crippen molar-refractivity contribution >= 4 is 35.1 Å². The number of nitrogens with zero attached hydrogens (tertiary/aromatic N) is 2. The van der Waals surface area contributed by atoms with Gasteiger partial charge in [0.1, 0.15) is 5.75 Å². The van der Waals surface area contributed by atoms with E-state index >= 15 is 0 Å². The summed E-state index contributed by atoms with van der Waals surface area (Å²) in [6.07, 6.45) is 0.217. The standard InChI is InChI=1S/C14H14Cl2N2O4/c1-18(6-2-5-17)13(19)8-22-14(20)9-21-12-4-3-10(15)7-11(12)16/h3-4,7H,2,6,8-9H2,1H3. The van der Waals surface area contributed by atoms with Crippen LogP contribution in [0, 0.1) is 11.3 Å². The number of esters is 1. The molecular formula is C14H14Cl2N2O4. The molecule has 6 nitrogen and oxygen atoms in total. The molecule has 0 radical (unpaired) electrons. The van der Waals surface area contributed by atoms with Crippen LogP contribution in [0.4, 0.5) is 0 Å². The van der Waals surface area contributed by atoms with Crippen molar-refractivity contribution in [3.05, 3.63) is 28.2 Å². The number of benzene rings is 1. The molecule has 0 saturated heterocycles. The van der Waals surface area contributed by atoms with Gasteiger partial charge in [0, 0.05) is 18.6 Å². The molecule has 0 heterocycles. The summed E-state index contributed by atoms with van der Waals surface area (Å²) in [5, 5.41) is 9.14. The number of nitriles is 1. The van der Waals surface area contributed by atoms with Crippen molar-refractivity contribution in [2.45, 2.75) is 6.42 Å². The van der Waals surface area contributed by atoms with Crippen LogP contribution >= 0.6 is 23.2 Å². The van der Waals surface area contributed by atoms with Crippen LogP contribution in [0.5, 0.6) is 5.75 Å². The first kappa shape index (κ1) is 18.1. The van der Waals surface area contributed by atoms with E-state index in [9.17, 15) is 9.59 Å². The number of halogens is 2. The molecule has 0 aromatic heterocycles. The Kier molecular flexibility index (Phi) is 7.50. The molecule has 0 fully saturated rings. The normalized spacial score (nSPS) is 9.73. The van der Waals surface area contributed by atoms with Gasteiger partial charge >= 0.3 is 5.97 Å². The van der Waals surface area contributed by atoms with Crippen LogP contribution in [0.25, 0.3) is 0 Å². The molecule has 0 aliphatic carbocycles. The lowest BCUT2D eigenvalue weighted by Gasteiger charge is -2.15. The lowest BCUT2D eigenvalue weighted by atomic mass is 10.3. The molecule has 0 aliphatic heterocycles. The van der Waals surface area contributed by atoms with Gasteiger partial charge in [0.25, 0.3) is 5.91 Å². The highest BCUT2D eigenvalue weighted by Gasteiger charge is 2.13. The van der Waals surface area contributed by atoms with Crippen molar-refractivity contribution in [2.24, 2.45) is 0 Å². The minimum absolute atomic E-state index is 0.217. The lowest BCUT2D eigenvalue weighted by Crippen LogP contribution is -2.32. The third-order valence-electron chi connectivity index (χ3n) is 2.58. The molecule has 0 unspecified atom stereocenters. The van der Waals surface area contributed by atoms with Gasteiger partial charge in [-0.05, 0) is 18.2 Å². The Labute approximate surface area is 138 Å². The van der Waals surface area contributed by atoms with Crippen LogP contribution < -0.4 is 4.74 Å². The van der Waals surface area contributed by atoms with E-state index in [1.54, 1.807) is 6.07 Å². The highest BCUT2D eigenvalue weighted by Crippen LogP contribution is 2.27. The molecule has 1 rings (SSSR count). The monoisotopic (exact) mass is 344 g/mol. The molecule has 1 aromatic rings. The van der Waals surface area contributed by atoms with Crippen molar-refractivity contribution in [3.8, 4) is 11.8 Å². The highest BCUT2D eigenvalue weighted by atomic mass is 35.5. The Morgan fingerprint density at radius 3 is 2.68 bits per heavy atom. The van der Waals surface area contributed by atoms with E-state index in [1.165, 1.54) is 24.1 Å². The summed E-state index contributed by atoms with van der Waals surface area (Å²) < 4.78 is 9.96. The average molecular weight is 345 g/mol. The Hall–Kier alpha value is -1.97.